The van der Waals surface area contributed by atoms with E-state index in [0.29, 0.717) is 20.2 Å². The minimum atomic E-state index is -0.0502. The van der Waals surface area contributed by atoms with Gasteiger partial charge in [-0.3, -0.25) is 0 Å². The second kappa shape index (κ2) is 19.7. The van der Waals surface area contributed by atoms with Crippen molar-refractivity contribution in [2.24, 2.45) is 0 Å². The van der Waals surface area contributed by atoms with Gasteiger partial charge in [0.05, 0.1) is 0 Å². The summed E-state index contributed by atoms with van der Waals surface area (Å²) in [7, 11) is -0.201. The predicted molar refractivity (Wildman–Crippen MR) is 160 cm³/mol. The van der Waals surface area contributed by atoms with E-state index in [1.165, 1.54) is 0 Å². The van der Waals surface area contributed by atoms with Crippen molar-refractivity contribution in [1.29, 1.82) is 0 Å². The van der Waals surface area contributed by atoms with Gasteiger partial charge in [-0.2, -0.15) is 0 Å². The van der Waals surface area contributed by atoms with Crippen molar-refractivity contribution in [3.8, 4) is 0 Å². The Morgan fingerprint density at radius 1 is 0.300 bits per heavy atom. The van der Waals surface area contributed by atoms with Crippen LogP contribution in [0.25, 0.3) is 0 Å². The molecule has 0 aliphatic rings. The first kappa shape index (κ1) is 42.6. The van der Waals surface area contributed by atoms with Gasteiger partial charge in [0.1, 0.15) is 0 Å². The summed E-state index contributed by atoms with van der Waals surface area (Å²) in [5.41, 5.74) is 0. The Morgan fingerprint density at radius 3 is 0.333 bits per heavy atom. The summed E-state index contributed by atoms with van der Waals surface area (Å²) in [5.74, 6) is 0. The molecule has 0 bridgehead atoms. The van der Waals surface area contributed by atoms with Crippen molar-refractivity contribution in [2.45, 2.75) is 156 Å². The van der Waals surface area contributed by atoms with Gasteiger partial charge in [0, 0.05) is 35.2 Å². The molecule has 0 nitrogen and oxygen atoms in total. The third-order valence-electron chi connectivity index (χ3n) is 6.00. The normalized spacial score (nSPS) is 12.1. The molecule has 0 fully saturated rings. The zero-order valence-electron chi connectivity index (χ0n) is 25.0. The molecule has 0 atom stereocenters. The van der Waals surface area contributed by atoms with Crippen molar-refractivity contribution >= 4 is 71.1 Å². The van der Waals surface area contributed by atoms with Gasteiger partial charge in [0.2, 0.25) is 0 Å². The van der Waals surface area contributed by atoms with E-state index in [-0.39, 0.29) is 35.2 Å². The fourth-order valence-corrected chi connectivity index (χ4v) is 0. The summed E-state index contributed by atoms with van der Waals surface area (Å²) >= 11 is 3.28. The molecule has 180 valence electrons. The van der Waals surface area contributed by atoms with Crippen LogP contribution in [-0.4, -0.2) is 71.1 Å². The molecule has 0 aromatic heterocycles. The molecular weight excluding hydrogens is 638 g/mol. The van der Waals surface area contributed by atoms with Gasteiger partial charge in [-0.1, -0.05) is 135 Å². The van der Waals surface area contributed by atoms with E-state index in [1.807, 2.05) is 0 Å². The van der Waals surface area contributed by atoms with Crippen LogP contribution >= 0.6 is 0 Å². The van der Waals surface area contributed by atoms with Crippen LogP contribution in [0.4, 0.5) is 0 Å². The van der Waals surface area contributed by atoms with E-state index < -0.39 is 0 Å². The molecule has 0 spiro atoms. The topological polar surface area (TPSA) is 0 Å². The molecule has 0 rings (SSSR count). The summed E-state index contributed by atoms with van der Waals surface area (Å²) in [6.45, 7) is 46.5. The fourth-order valence-electron chi connectivity index (χ4n) is 0. The molecule has 0 heterocycles. The Morgan fingerprint density at radius 2 is 0.333 bits per heavy atom. The van der Waals surface area contributed by atoms with Crippen LogP contribution in [0, 0.1) is 0 Å². The van der Waals surface area contributed by atoms with Crippen LogP contribution in [0.2, 0.25) is 72.5 Å². The standard InChI is InChI=1S/4C6H15Si.2Sn/c4*1-6(2,3)7(4)5;;/h4*1-5H3;;. The molecule has 0 amide bonds. The molecule has 0 saturated carbocycles. The van der Waals surface area contributed by atoms with Crippen molar-refractivity contribution in [1.82, 2.24) is 0 Å². The van der Waals surface area contributed by atoms with Crippen molar-refractivity contribution in [3.63, 3.8) is 0 Å². The van der Waals surface area contributed by atoms with Gasteiger partial charge in [0.25, 0.3) is 0 Å². The van der Waals surface area contributed by atoms with Crippen molar-refractivity contribution in [3.05, 3.63) is 0 Å². The van der Waals surface area contributed by atoms with E-state index in [9.17, 15) is 0 Å². The molecule has 0 aromatic carbocycles. The third kappa shape index (κ3) is 37.8. The third-order valence-corrected chi connectivity index (χ3v) is 18.0. The first-order chi connectivity index (χ1) is 12.8. The van der Waals surface area contributed by atoms with Crippen LogP contribution in [0.15, 0.2) is 0 Å². The summed E-state index contributed by atoms with van der Waals surface area (Å²) in [4.78, 5) is 0. The summed E-state index contributed by atoms with van der Waals surface area (Å²) < 4.78 is 0. The molecule has 6 heteroatoms. The molecule has 0 saturated heterocycles. The Bertz CT molecular complexity index is 295. The van der Waals surface area contributed by atoms with Gasteiger partial charge in [-0.05, 0) is 20.2 Å². The minimum absolute atomic E-state index is 0.0502. The monoisotopic (exact) mass is 700 g/mol. The molecule has 0 aromatic rings. The van der Waals surface area contributed by atoms with Crippen molar-refractivity contribution < 1.29 is 0 Å². The van der Waals surface area contributed by atoms with Gasteiger partial charge in [-0.25, -0.2) is 0 Å². The Hall–Kier alpha value is 2.46. The summed E-state index contributed by atoms with van der Waals surface area (Å²) in [6.07, 6.45) is 0. The molecule has 0 aliphatic carbocycles. The number of hydrogen-bond acceptors (Lipinski definition) is 0. The van der Waals surface area contributed by atoms with Crippen LogP contribution in [0.3, 0.4) is 0 Å². The van der Waals surface area contributed by atoms with E-state index in [1.54, 1.807) is 35.9 Å². The molecular formula is C24H60Si4Sn2. The van der Waals surface area contributed by atoms with Crippen LogP contribution in [0.5, 0.6) is 0 Å². The molecule has 0 aliphatic heterocycles. The van der Waals surface area contributed by atoms with Gasteiger partial charge < -0.3 is 0 Å². The summed E-state index contributed by atoms with van der Waals surface area (Å²) in [6, 6.07) is 0. The Labute approximate surface area is 224 Å². The van der Waals surface area contributed by atoms with E-state index in [4.69, 9.17) is 0 Å². The van der Waals surface area contributed by atoms with E-state index in [2.05, 4.69) is 135 Å². The first-order valence-electron chi connectivity index (χ1n) is 11.2. The quantitative estimate of drug-likeness (QED) is 0.221. The second-order valence-corrected chi connectivity index (χ2v) is 27.0. The zero-order valence-corrected chi connectivity index (χ0v) is 34.7. The van der Waals surface area contributed by atoms with Gasteiger partial charge in [0.15, 0.2) is 0 Å². The Kier molecular flexibility index (Phi) is 28.0. The average Bonchev–Trinajstić information content (AvgIpc) is 2.47. The molecule has 8 radical (unpaired) electrons. The Balaban J connectivity index is -0.0000000899. The number of hydrogen-bond donors (Lipinski definition) is 0. The van der Waals surface area contributed by atoms with Gasteiger partial charge >= 0.3 is 35.9 Å². The number of rotatable bonds is 0. The predicted octanol–water partition coefficient (Wildman–Crippen LogP) is 9.40. The first-order valence-corrected chi connectivity index (χ1v) is 32.2. The van der Waals surface area contributed by atoms with E-state index in [0.717, 1.165) is 0 Å². The van der Waals surface area contributed by atoms with Crippen molar-refractivity contribution in [2.75, 3.05) is 0 Å². The molecule has 30 heavy (non-hydrogen) atoms. The summed E-state index contributed by atoms with van der Waals surface area (Å²) in [5, 5.41) is 2.41. The van der Waals surface area contributed by atoms with Gasteiger partial charge in [-0.15, -0.1) is 0 Å². The molecule has 0 unspecified atom stereocenters. The van der Waals surface area contributed by atoms with Crippen LogP contribution < -0.4 is 0 Å². The van der Waals surface area contributed by atoms with Crippen LogP contribution in [0.1, 0.15) is 83.1 Å². The maximum atomic E-state index is 2.35. The SMILES string of the molecule is C[Si](C)C(C)(C)C.C[Si](C)C(C)(C)C.C[Si](C)C(C)(C)C.C[Si](C)C(C)(C)C.[Sn]=[Sn]. The molecule has 0 N–H and O–H groups in total. The maximum absolute atomic E-state index is 2.35. The second-order valence-electron chi connectivity index (χ2n) is 13.0. The van der Waals surface area contributed by atoms with E-state index >= 15 is 0 Å². The fraction of sp³-hybridized carbons (Fsp3) is 1.00. The van der Waals surface area contributed by atoms with Crippen LogP contribution in [-0.2, 0) is 0 Å². The zero-order chi connectivity index (χ0) is 26.3. The average molecular weight is 699 g/mol.